The van der Waals surface area contributed by atoms with Gasteiger partial charge in [-0.15, -0.1) is 0 Å². The lowest BCUT2D eigenvalue weighted by Crippen LogP contribution is -2.59. The summed E-state index contributed by atoms with van der Waals surface area (Å²) < 4.78 is 6.21. The van der Waals surface area contributed by atoms with Crippen LogP contribution >= 0.6 is 0 Å². The maximum atomic E-state index is 12.1. The van der Waals surface area contributed by atoms with E-state index in [-0.39, 0.29) is 17.9 Å². The lowest BCUT2D eigenvalue weighted by molar-refractivity contribution is -0.136. The second-order valence-corrected chi connectivity index (χ2v) is 10.1. The number of likely N-dealkylation sites (tertiary alicyclic amines) is 1. The number of aryl methyl sites for hydroxylation is 1. The molecule has 190 valence electrons. The number of ether oxygens (including phenoxy) is 1. The maximum Gasteiger partial charge on any atom is 0.245 e. The summed E-state index contributed by atoms with van der Waals surface area (Å²) in [6.07, 6.45) is 7.52. The van der Waals surface area contributed by atoms with Gasteiger partial charge in [0.25, 0.3) is 0 Å². The van der Waals surface area contributed by atoms with Crippen LogP contribution in [0.15, 0.2) is 61.6 Å². The van der Waals surface area contributed by atoms with Gasteiger partial charge in [0.1, 0.15) is 18.4 Å². The van der Waals surface area contributed by atoms with Crippen LogP contribution in [0, 0.1) is 23.7 Å². The molecule has 1 amide bonds. The summed E-state index contributed by atoms with van der Waals surface area (Å²) >= 11 is 0. The predicted octanol–water partition coefficient (Wildman–Crippen LogP) is 4.00. The number of H-pyrrole nitrogens is 1. The van der Waals surface area contributed by atoms with Gasteiger partial charge in [-0.05, 0) is 48.7 Å². The average molecular weight is 506 g/mol. The van der Waals surface area contributed by atoms with Crippen molar-refractivity contribution < 1.29 is 9.53 Å². The molecule has 0 atom stereocenters. The van der Waals surface area contributed by atoms with Gasteiger partial charge in [0.2, 0.25) is 11.8 Å². The van der Waals surface area contributed by atoms with Crippen LogP contribution in [0.1, 0.15) is 23.2 Å². The molecule has 38 heavy (non-hydrogen) atoms. The number of hydrogen-bond donors (Lipinski definition) is 1. The van der Waals surface area contributed by atoms with Gasteiger partial charge in [-0.25, -0.2) is 4.98 Å². The minimum absolute atomic E-state index is 0.0137. The highest BCUT2D eigenvalue weighted by Gasteiger charge is 2.49. The second-order valence-electron chi connectivity index (χ2n) is 10.1. The molecule has 0 radical (unpaired) electrons. The number of rotatable bonds is 6. The van der Waals surface area contributed by atoms with E-state index in [0.717, 1.165) is 46.3 Å². The molecular formula is C29H27N7O2. The summed E-state index contributed by atoms with van der Waals surface area (Å²) in [6.45, 7) is 8.69. The molecule has 2 fully saturated rings. The molecule has 9 heteroatoms. The molecular weight excluding hydrogens is 478 g/mol. The molecule has 9 nitrogen and oxygen atoms in total. The van der Waals surface area contributed by atoms with Crippen molar-refractivity contribution in [2.24, 2.45) is 5.41 Å². The van der Waals surface area contributed by atoms with Crippen molar-refractivity contribution >= 4 is 22.5 Å². The fraction of sp³-hybridized carbons (Fsp3) is 0.276. The number of nitriles is 1. The largest absolute Gasteiger partial charge is 0.470 e. The highest BCUT2D eigenvalue weighted by Crippen LogP contribution is 2.46. The number of anilines is 1. The van der Waals surface area contributed by atoms with Gasteiger partial charge in [-0.2, -0.15) is 10.4 Å². The number of nitrogens with zero attached hydrogens (tertiary/aromatic N) is 6. The van der Waals surface area contributed by atoms with E-state index < -0.39 is 0 Å². The lowest BCUT2D eigenvalue weighted by atomic mass is 9.79. The molecule has 0 unspecified atom stereocenters. The van der Waals surface area contributed by atoms with Crippen molar-refractivity contribution in [3.63, 3.8) is 0 Å². The van der Waals surface area contributed by atoms with Crippen molar-refractivity contribution in [1.29, 1.82) is 5.26 Å². The number of nitrogens with one attached hydrogen (secondary N) is 1. The van der Waals surface area contributed by atoms with E-state index in [9.17, 15) is 10.1 Å². The summed E-state index contributed by atoms with van der Waals surface area (Å²) in [5, 5.41) is 18.7. The molecule has 6 rings (SSSR count). The number of hydrogen-bond acceptors (Lipinski definition) is 7. The van der Waals surface area contributed by atoms with Gasteiger partial charge >= 0.3 is 0 Å². The zero-order valence-electron chi connectivity index (χ0n) is 21.1. The normalized spacial score (nSPS) is 15.9. The van der Waals surface area contributed by atoms with Crippen LogP contribution in [0.3, 0.4) is 0 Å². The first-order valence-electron chi connectivity index (χ1n) is 12.6. The molecule has 1 aromatic carbocycles. The van der Waals surface area contributed by atoms with Crippen molar-refractivity contribution in [1.82, 2.24) is 25.1 Å². The van der Waals surface area contributed by atoms with E-state index in [4.69, 9.17) is 9.72 Å². The van der Waals surface area contributed by atoms with E-state index in [1.807, 2.05) is 42.2 Å². The monoisotopic (exact) mass is 505 g/mol. The molecule has 0 saturated carbocycles. The Morgan fingerprint density at radius 1 is 1.24 bits per heavy atom. The summed E-state index contributed by atoms with van der Waals surface area (Å²) in [6, 6.07) is 12.2. The fourth-order valence-corrected chi connectivity index (χ4v) is 5.73. The standard InChI is InChI=1S/C29H27N7O2/c1-3-25(37)36-17-29(18-36)9-11-35(16-29)27-21(12-30)22(26-19(2)7-8-24-23(26)14-33-34-24)13-32-28(27)38-15-20-6-4-5-10-31-20/h3-8,10,13-14H,1,9,11,15-18H2,2H3,(H,33,34). The summed E-state index contributed by atoms with van der Waals surface area (Å²) in [5.41, 5.74) is 5.56. The number of benzene rings is 1. The van der Waals surface area contributed by atoms with Gasteiger partial charge in [0.15, 0.2) is 0 Å². The van der Waals surface area contributed by atoms with Gasteiger partial charge in [-0.1, -0.05) is 18.7 Å². The molecule has 2 aliphatic rings. The minimum Gasteiger partial charge on any atom is -0.470 e. The first-order chi connectivity index (χ1) is 18.5. The number of fused-ring (bicyclic) bond motifs is 1. The van der Waals surface area contributed by atoms with Crippen molar-refractivity contribution in [2.75, 3.05) is 31.1 Å². The SMILES string of the molecule is C=CC(=O)N1CC2(CCN(c3c(OCc4ccccn4)ncc(-c4c(C)ccc5[nH]ncc45)c3C#N)C2)C1. The van der Waals surface area contributed by atoms with Crippen LogP contribution in [-0.2, 0) is 11.4 Å². The summed E-state index contributed by atoms with van der Waals surface area (Å²) in [7, 11) is 0. The number of carbonyl (C=O) groups is 1. The maximum absolute atomic E-state index is 12.1. The number of aromatic amines is 1. The van der Waals surface area contributed by atoms with E-state index in [0.29, 0.717) is 36.8 Å². The molecule has 2 saturated heterocycles. The van der Waals surface area contributed by atoms with Gasteiger partial charge in [0.05, 0.1) is 23.0 Å². The molecule has 2 aliphatic heterocycles. The van der Waals surface area contributed by atoms with Gasteiger partial charge in [-0.3, -0.25) is 14.9 Å². The summed E-state index contributed by atoms with van der Waals surface area (Å²) in [4.78, 5) is 25.2. The lowest BCUT2D eigenvalue weighted by Gasteiger charge is -2.47. The Morgan fingerprint density at radius 2 is 2.11 bits per heavy atom. The van der Waals surface area contributed by atoms with Crippen LogP contribution in [0.4, 0.5) is 5.69 Å². The van der Waals surface area contributed by atoms with Crippen LogP contribution in [-0.4, -0.2) is 57.2 Å². The Hall–Kier alpha value is -4.71. The molecule has 0 aliphatic carbocycles. The van der Waals surface area contributed by atoms with E-state index in [1.165, 1.54) is 6.08 Å². The van der Waals surface area contributed by atoms with Gasteiger partial charge < -0.3 is 14.5 Å². The first-order valence-corrected chi connectivity index (χ1v) is 12.6. The molecule has 3 aromatic heterocycles. The predicted molar refractivity (Wildman–Crippen MR) is 143 cm³/mol. The molecule has 1 spiro atoms. The summed E-state index contributed by atoms with van der Waals surface area (Å²) in [5.74, 6) is 0.363. The van der Waals surface area contributed by atoms with Crippen LogP contribution in [0.5, 0.6) is 5.88 Å². The van der Waals surface area contributed by atoms with E-state index in [1.54, 1.807) is 18.6 Å². The topological polar surface area (TPSA) is 111 Å². The quantitative estimate of drug-likeness (QED) is 0.394. The zero-order chi connectivity index (χ0) is 26.3. The number of amides is 1. The highest BCUT2D eigenvalue weighted by molar-refractivity contribution is 5.98. The number of carbonyl (C=O) groups excluding carboxylic acids is 1. The second kappa shape index (κ2) is 9.30. The highest BCUT2D eigenvalue weighted by atomic mass is 16.5. The van der Waals surface area contributed by atoms with E-state index >= 15 is 0 Å². The minimum atomic E-state index is -0.0430. The molecule has 5 heterocycles. The molecule has 4 aromatic rings. The Labute approximate surface area is 220 Å². The third-order valence-corrected chi connectivity index (χ3v) is 7.61. The Kier molecular flexibility index (Phi) is 5.80. The molecule has 0 bridgehead atoms. The van der Waals surface area contributed by atoms with Crippen LogP contribution in [0.2, 0.25) is 0 Å². The van der Waals surface area contributed by atoms with Crippen molar-refractivity contribution in [2.45, 2.75) is 20.0 Å². The smallest absolute Gasteiger partial charge is 0.245 e. The van der Waals surface area contributed by atoms with E-state index in [2.05, 4.69) is 32.7 Å². The van der Waals surface area contributed by atoms with Gasteiger partial charge in [0, 0.05) is 54.9 Å². The third kappa shape index (κ3) is 3.95. The molecule has 1 N–H and O–H groups in total. The average Bonchev–Trinajstić information content (AvgIpc) is 3.59. The van der Waals surface area contributed by atoms with Crippen molar-refractivity contribution in [3.8, 4) is 23.1 Å². The third-order valence-electron chi connectivity index (χ3n) is 7.61. The van der Waals surface area contributed by atoms with Crippen LogP contribution < -0.4 is 9.64 Å². The first kappa shape index (κ1) is 23.7. The van der Waals surface area contributed by atoms with Crippen LogP contribution in [0.25, 0.3) is 22.0 Å². The fourth-order valence-electron chi connectivity index (χ4n) is 5.73. The number of pyridine rings is 2. The Morgan fingerprint density at radius 3 is 2.87 bits per heavy atom. The Bertz CT molecular complexity index is 1580. The Balaban J connectivity index is 1.42. The zero-order valence-corrected chi connectivity index (χ0v) is 21.1. The van der Waals surface area contributed by atoms with Crippen molar-refractivity contribution in [3.05, 3.63) is 78.4 Å². The number of aromatic nitrogens is 4.